The maximum absolute atomic E-state index is 9.04. The molecule has 0 aliphatic carbocycles. The Bertz CT molecular complexity index is 480. The van der Waals surface area contributed by atoms with Gasteiger partial charge in [-0.15, -0.1) is 0 Å². The maximum atomic E-state index is 9.04. The fraction of sp³-hybridized carbons (Fsp3) is 1.00. The molecule has 0 saturated heterocycles. The summed E-state index contributed by atoms with van der Waals surface area (Å²) in [5, 5.41) is 26.3. The van der Waals surface area contributed by atoms with Crippen LogP contribution in [0.15, 0.2) is 0 Å². The number of rotatable bonds is 33. The van der Waals surface area contributed by atoms with Gasteiger partial charge in [-0.05, 0) is 27.7 Å². The minimum absolute atomic E-state index is 0.0145. The largest absolute Gasteiger partial charge is 0.394 e. The van der Waals surface area contributed by atoms with E-state index in [1.165, 1.54) is 0 Å². The van der Waals surface area contributed by atoms with Crippen molar-refractivity contribution in [3.05, 3.63) is 0 Å². The molecular weight excluding hydrogens is 572 g/mol. The second-order valence-corrected chi connectivity index (χ2v) is 9.47. The van der Waals surface area contributed by atoms with Crippen molar-refractivity contribution >= 4 is 0 Å². The van der Waals surface area contributed by atoms with Crippen molar-refractivity contribution in [1.29, 1.82) is 0 Å². The zero-order valence-electron chi connectivity index (χ0n) is 27.3. The Morgan fingerprint density at radius 3 is 1.02 bits per heavy atom. The summed E-state index contributed by atoms with van der Waals surface area (Å²) in [5.74, 6) is 0. The topological polar surface area (TPSA) is 162 Å². The second-order valence-electron chi connectivity index (χ2n) is 9.47. The normalized spacial score (nSPS) is 14.2. The van der Waals surface area contributed by atoms with Gasteiger partial charge in [0.15, 0.2) is 0 Å². The molecule has 4 atom stereocenters. The SMILES string of the molecule is CC(O)COC(C)COC(C)COC(C)CO.COCCOCCOCCOCCOCCOCCOCCOCCO. The summed E-state index contributed by atoms with van der Waals surface area (Å²) >= 11 is 0. The Morgan fingerprint density at radius 2 is 0.721 bits per heavy atom. The number of aliphatic hydroxyl groups excluding tert-OH is 3. The van der Waals surface area contributed by atoms with Crippen LogP contribution in [-0.2, 0) is 52.1 Å². The molecule has 0 aromatic heterocycles. The van der Waals surface area contributed by atoms with Crippen molar-refractivity contribution in [2.45, 2.75) is 52.1 Å². The molecule has 3 N–H and O–H groups in total. The molecule has 0 saturated carbocycles. The number of aliphatic hydroxyl groups is 3. The van der Waals surface area contributed by atoms with E-state index in [0.29, 0.717) is 119 Å². The Hall–Kier alpha value is -0.560. The van der Waals surface area contributed by atoms with Crippen molar-refractivity contribution in [2.75, 3.05) is 139 Å². The maximum Gasteiger partial charge on any atom is 0.0781 e. The van der Waals surface area contributed by atoms with Crippen molar-refractivity contribution in [3.63, 3.8) is 0 Å². The fourth-order valence-electron chi connectivity index (χ4n) is 2.68. The second kappa shape index (κ2) is 37.6. The van der Waals surface area contributed by atoms with E-state index in [1.807, 2.05) is 13.8 Å². The van der Waals surface area contributed by atoms with Crippen molar-refractivity contribution in [2.24, 2.45) is 0 Å². The van der Waals surface area contributed by atoms with Gasteiger partial charge in [0.05, 0.1) is 157 Å². The molecule has 0 radical (unpaired) electrons. The predicted molar refractivity (Wildman–Crippen MR) is 160 cm³/mol. The third-order valence-corrected chi connectivity index (χ3v) is 5.01. The molecule has 43 heavy (non-hydrogen) atoms. The van der Waals surface area contributed by atoms with Crippen LogP contribution in [-0.4, -0.2) is 179 Å². The van der Waals surface area contributed by atoms with Crippen LogP contribution in [0.5, 0.6) is 0 Å². The van der Waals surface area contributed by atoms with Crippen LogP contribution in [0.3, 0.4) is 0 Å². The molecule has 0 rings (SSSR count). The number of ether oxygens (including phenoxy) is 11. The van der Waals surface area contributed by atoms with Crippen LogP contribution < -0.4 is 0 Å². The molecule has 0 aromatic rings. The Kier molecular flexibility index (Phi) is 39.0. The van der Waals surface area contributed by atoms with Crippen LogP contribution >= 0.6 is 0 Å². The smallest absolute Gasteiger partial charge is 0.0781 e. The van der Waals surface area contributed by atoms with Crippen LogP contribution in [0, 0.1) is 0 Å². The summed E-state index contributed by atoms with van der Waals surface area (Å²) in [4.78, 5) is 0. The fourth-order valence-corrected chi connectivity index (χ4v) is 2.68. The minimum atomic E-state index is -0.455. The molecule has 14 nitrogen and oxygen atoms in total. The van der Waals surface area contributed by atoms with E-state index in [0.717, 1.165) is 0 Å². The number of hydrogen-bond acceptors (Lipinski definition) is 14. The molecule has 14 heteroatoms. The average molecular weight is 635 g/mol. The summed E-state index contributed by atoms with van der Waals surface area (Å²) in [7, 11) is 1.64. The lowest BCUT2D eigenvalue weighted by Gasteiger charge is -2.19. The van der Waals surface area contributed by atoms with Gasteiger partial charge >= 0.3 is 0 Å². The highest BCUT2D eigenvalue weighted by molar-refractivity contribution is 4.55. The molecule has 0 aliphatic rings. The first kappa shape index (κ1) is 44.6. The molecule has 0 fully saturated rings. The molecular formula is C29H62O14. The molecule has 0 heterocycles. The monoisotopic (exact) mass is 634 g/mol. The lowest BCUT2D eigenvalue weighted by Crippen LogP contribution is -2.27. The van der Waals surface area contributed by atoms with E-state index in [2.05, 4.69) is 0 Å². The third kappa shape index (κ3) is 41.4. The number of hydrogen-bond donors (Lipinski definition) is 3. The van der Waals surface area contributed by atoms with Gasteiger partial charge in [-0.3, -0.25) is 0 Å². The highest BCUT2D eigenvalue weighted by atomic mass is 16.6. The van der Waals surface area contributed by atoms with E-state index in [1.54, 1.807) is 21.0 Å². The molecule has 0 aromatic carbocycles. The average Bonchev–Trinajstić information content (AvgIpc) is 3.00. The zero-order valence-corrected chi connectivity index (χ0v) is 27.3. The molecule has 0 aliphatic heterocycles. The third-order valence-electron chi connectivity index (χ3n) is 5.01. The summed E-state index contributed by atoms with van der Waals surface area (Å²) in [6.07, 6.45) is -0.711. The summed E-state index contributed by atoms with van der Waals surface area (Å²) in [6.45, 7) is 16.4. The molecule has 4 unspecified atom stereocenters. The van der Waals surface area contributed by atoms with Crippen LogP contribution in [0.2, 0.25) is 0 Å². The van der Waals surface area contributed by atoms with Crippen LogP contribution in [0.25, 0.3) is 0 Å². The van der Waals surface area contributed by atoms with Crippen LogP contribution in [0.1, 0.15) is 27.7 Å². The highest BCUT2D eigenvalue weighted by Gasteiger charge is 2.10. The lowest BCUT2D eigenvalue weighted by atomic mass is 10.3. The van der Waals surface area contributed by atoms with E-state index in [9.17, 15) is 0 Å². The lowest BCUT2D eigenvalue weighted by molar-refractivity contribution is -0.0825. The first-order chi connectivity index (χ1) is 20.9. The van der Waals surface area contributed by atoms with Gasteiger partial charge in [0, 0.05) is 7.11 Å². The van der Waals surface area contributed by atoms with Crippen LogP contribution in [0.4, 0.5) is 0 Å². The van der Waals surface area contributed by atoms with Gasteiger partial charge < -0.3 is 67.4 Å². The molecule has 262 valence electrons. The summed E-state index contributed by atoms with van der Waals surface area (Å²) in [5.41, 5.74) is 0. The van der Waals surface area contributed by atoms with Gasteiger partial charge in [0.1, 0.15) is 0 Å². The molecule has 0 bridgehead atoms. The summed E-state index contributed by atoms with van der Waals surface area (Å²) < 4.78 is 58.1. The van der Waals surface area contributed by atoms with E-state index in [4.69, 9.17) is 67.4 Å². The van der Waals surface area contributed by atoms with Gasteiger partial charge in [0.25, 0.3) is 0 Å². The zero-order chi connectivity index (χ0) is 32.2. The molecule has 0 amide bonds. The van der Waals surface area contributed by atoms with Gasteiger partial charge in [-0.25, -0.2) is 0 Å². The highest BCUT2D eigenvalue weighted by Crippen LogP contribution is 2.00. The molecule has 0 spiro atoms. The van der Waals surface area contributed by atoms with Crippen molar-refractivity contribution in [3.8, 4) is 0 Å². The Balaban J connectivity index is 0. The predicted octanol–water partition coefficient (Wildman–Crippen LogP) is 0.316. The van der Waals surface area contributed by atoms with Crippen molar-refractivity contribution < 1.29 is 67.4 Å². The van der Waals surface area contributed by atoms with Crippen molar-refractivity contribution in [1.82, 2.24) is 0 Å². The first-order valence-corrected chi connectivity index (χ1v) is 15.1. The van der Waals surface area contributed by atoms with Gasteiger partial charge in [-0.2, -0.15) is 0 Å². The minimum Gasteiger partial charge on any atom is -0.394 e. The van der Waals surface area contributed by atoms with Gasteiger partial charge in [-0.1, -0.05) is 0 Å². The number of methoxy groups -OCH3 is 1. The quantitative estimate of drug-likeness (QED) is 0.0846. The van der Waals surface area contributed by atoms with E-state index in [-0.39, 0.29) is 31.5 Å². The standard InChI is InChI=1S/C17H36O9.C12H26O5/c1-19-4-5-21-8-9-23-12-13-25-16-17-26-15-14-24-11-10-22-7-6-20-3-2-18;1-9(14)6-15-11(3)8-17-12(4)7-16-10(2)5-13/h18H,2-17H2,1H3;9-14H,5-8H2,1-4H3. The Morgan fingerprint density at radius 1 is 0.419 bits per heavy atom. The summed E-state index contributed by atoms with van der Waals surface area (Å²) in [6, 6.07) is 0. The van der Waals surface area contributed by atoms with E-state index < -0.39 is 6.10 Å². The Labute approximate surface area is 259 Å². The van der Waals surface area contributed by atoms with Gasteiger partial charge in [0.2, 0.25) is 0 Å². The van der Waals surface area contributed by atoms with E-state index >= 15 is 0 Å². The first-order valence-electron chi connectivity index (χ1n) is 15.1.